The Morgan fingerprint density at radius 2 is 2.25 bits per heavy atom. The van der Waals surface area contributed by atoms with Gasteiger partial charge in [0.1, 0.15) is 10.0 Å². The van der Waals surface area contributed by atoms with Crippen LogP contribution in [-0.2, 0) is 6.42 Å². The molecule has 5 nitrogen and oxygen atoms in total. The van der Waals surface area contributed by atoms with Crippen molar-refractivity contribution < 1.29 is 0 Å². The number of rotatable bonds is 5. The predicted molar refractivity (Wildman–Crippen MR) is 63.2 cm³/mol. The third-order valence-corrected chi connectivity index (χ3v) is 3.15. The van der Waals surface area contributed by atoms with Crippen molar-refractivity contribution in [1.82, 2.24) is 25.7 Å². The van der Waals surface area contributed by atoms with Crippen LogP contribution in [0.5, 0.6) is 0 Å². The fourth-order valence-electron chi connectivity index (χ4n) is 1.30. The smallest absolute Gasteiger partial charge is 0.149 e. The van der Waals surface area contributed by atoms with Crippen molar-refractivity contribution in [2.75, 3.05) is 13.6 Å². The molecule has 84 valence electrons. The Labute approximate surface area is 98.0 Å². The van der Waals surface area contributed by atoms with Crippen molar-refractivity contribution in [2.24, 2.45) is 0 Å². The lowest BCUT2D eigenvalue weighted by Crippen LogP contribution is -2.08. The second-order valence-electron chi connectivity index (χ2n) is 3.34. The zero-order valence-electron chi connectivity index (χ0n) is 9.05. The molecule has 16 heavy (non-hydrogen) atoms. The van der Waals surface area contributed by atoms with Crippen molar-refractivity contribution in [2.45, 2.75) is 12.8 Å². The minimum Gasteiger partial charge on any atom is -0.320 e. The molecule has 0 fully saturated rings. The summed E-state index contributed by atoms with van der Waals surface area (Å²) in [6, 6.07) is 1.89. The molecule has 1 N–H and O–H groups in total. The Hall–Kier alpha value is -1.40. The van der Waals surface area contributed by atoms with E-state index in [2.05, 4.69) is 25.7 Å². The first-order valence-electron chi connectivity index (χ1n) is 5.14. The molecule has 0 spiro atoms. The van der Waals surface area contributed by atoms with Crippen molar-refractivity contribution >= 4 is 11.3 Å². The fourth-order valence-corrected chi connectivity index (χ4v) is 2.18. The first-order chi connectivity index (χ1) is 7.90. The van der Waals surface area contributed by atoms with Crippen LogP contribution < -0.4 is 5.32 Å². The molecule has 0 aromatic carbocycles. The van der Waals surface area contributed by atoms with Crippen LogP contribution in [0, 0.1) is 0 Å². The summed E-state index contributed by atoms with van der Waals surface area (Å²) in [5.74, 6) is 0. The van der Waals surface area contributed by atoms with Gasteiger partial charge in [-0.2, -0.15) is 10.2 Å². The summed E-state index contributed by atoms with van der Waals surface area (Å²) in [4.78, 5) is 0. The number of aromatic nitrogens is 4. The summed E-state index contributed by atoms with van der Waals surface area (Å²) in [7, 11) is 1.95. The van der Waals surface area contributed by atoms with Gasteiger partial charge in [-0.25, -0.2) is 0 Å². The Morgan fingerprint density at radius 3 is 3.00 bits per heavy atom. The van der Waals surface area contributed by atoms with Gasteiger partial charge in [0, 0.05) is 12.0 Å². The molecule has 0 aliphatic heterocycles. The van der Waals surface area contributed by atoms with E-state index < -0.39 is 0 Å². The summed E-state index contributed by atoms with van der Waals surface area (Å²) < 4.78 is 0. The second-order valence-corrected chi connectivity index (χ2v) is 4.40. The van der Waals surface area contributed by atoms with E-state index in [1.807, 2.05) is 13.1 Å². The van der Waals surface area contributed by atoms with Crippen LogP contribution in [0.3, 0.4) is 0 Å². The Morgan fingerprint density at radius 1 is 1.31 bits per heavy atom. The van der Waals surface area contributed by atoms with Gasteiger partial charge < -0.3 is 5.32 Å². The molecule has 2 rings (SSSR count). The van der Waals surface area contributed by atoms with Gasteiger partial charge in [-0.15, -0.1) is 10.2 Å². The highest BCUT2D eigenvalue weighted by Crippen LogP contribution is 2.22. The van der Waals surface area contributed by atoms with E-state index >= 15 is 0 Å². The van der Waals surface area contributed by atoms with Gasteiger partial charge in [0.05, 0.1) is 12.4 Å². The molecule has 0 unspecified atom stereocenters. The van der Waals surface area contributed by atoms with Gasteiger partial charge in [-0.05, 0) is 26.1 Å². The fraction of sp³-hybridized carbons (Fsp3) is 0.400. The standard InChI is InChI=1S/C10H13N5S/c1-11-5-2-3-9-14-15-10(16-9)8-4-6-12-13-7-8/h4,6-7,11H,2-3,5H2,1H3. The number of nitrogens with zero attached hydrogens (tertiary/aromatic N) is 4. The third kappa shape index (κ3) is 2.80. The molecule has 0 aliphatic carbocycles. The maximum absolute atomic E-state index is 4.16. The largest absolute Gasteiger partial charge is 0.320 e. The van der Waals surface area contributed by atoms with Gasteiger partial charge >= 0.3 is 0 Å². The molecule has 2 heterocycles. The molecule has 0 atom stereocenters. The van der Waals surface area contributed by atoms with Gasteiger partial charge in [0.2, 0.25) is 0 Å². The molecule has 0 saturated heterocycles. The molecule has 2 aromatic rings. The van der Waals surface area contributed by atoms with Gasteiger partial charge in [-0.1, -0.05) is 11.3 Å². The normalized spacial score (nSPS) is 10.6. The van der Waals surface area contributed by atoms with E-state index in [1.54, 1.807) is 23.7 Å². The van der Waals surface area contributed by atoms with Crippen LogP contribution in [0.25, 0.3) is 10.6 Å². The molecule has 2 aromatic heterocycles. The Bertz CT molecular complexity index is 428. The highest BCUT2D eigenvalue weighted by Gasteiger charge is 2.06. The average Bonchev–Trinajstić information content (AvgIpc) is 2.79. The maximum atomic E-state index is 4.16. The first kappa shape index (κ1) is 11.1. The highest BCUT2D eigenvalue weighted by molar-refractivity contribution is 7.14. The van der Waals surface area contributed by atoms with Crippen LogP contribution in [0.2, 0.25) is 0 Å². The summed E-state index contributed by atoms with van der Waals surface area (Å²) in [6.07, 6.45) is 5.42. The molecular weight excluding hydrogens is 222 g/mol. The molecule has 0 bridgehead atoms. The Kier molecular flexibility index (Phi) is 3.90. The minimum atomic E-state index is 0.911. The molecule has 0 radical (unpaired) electrons. The van der Waals surface area contributed by atoms with Gasteiger partial charge in [-0.3, -0.25) is 0 Å². The number of nitrogens with one attached hydrogen (secondary N) is 1. The minimum absolute atomic E-state index is 0.911. The van der Waals surface area contributed by atoms with Crippen LogP contribution in [0.15, 0.2) is 18.5 Å². The van der Waals surface area contributed by atoms with Crippen molar-refractivity contribution in [3.8, 4) is 10.6 Å². The summed E-state index contributed by atoms with van der Waals surface area (Å²) in [6.45, 7) is 1.01. The van der Waals surface area contributed by atoms with E-state index in [9.17, 15) is 0 Å². The van der Waals surface area contributed by atoms with Gasteiger partial charge in [0.25, 0.3) is 0 Å². The lowest BCUT2D eigenvalue weighted by Gasteiger charge is -1.94. The number of hydrogen-bond donors (Lipinski definition) is 1. The second kappa shape index (κ2) is 5.62. The molecule has 0 aliphatic rings. The van der Waals surface area contributed by atoms with Crippen LogP contribution in [-0.4, -0.2) is 34.0 Å². The number of aryl methyl sites for hydroxylation is 1. The molecule has 0 amide bonds. The van der Waals surface area contributed by atoms with Crippen LogP contribution >= 0.6 is 11.3 Å². The average molecular weight is 235 g/mol. The van der Waals surface area contributed by atoms with Gasteiger partial charge in [0.15, 0.2) is 0 Å². The maximum Gasteiger partial charge on any atom is 0.149 e. The quantitative estimate of drug-likeness (QED) is 0.788. The summed E-state index contributed by atoms with van der Waals surface area (Å²) in [5, 5.41) is 21.0. The summed E-state index contributed by atoms with van der Waals surface area (Å²) in [5.41, 5.74) is 0.979. The van der Waals surface area contributed by atoms with Crippen molar-refractivity contribution in [3.63, 3.8) is 0 Å². The third-order valence-electron chi connectivity index (χ3n) is 2.12. The lowest BCUT2D eigenvalue weighted by molar-refractivity contribution is 0.718. The number of hydrogen-bond acceptors (Lipinski definition) is 6. The highest BCUT2D eigenvalue weighted by atomic mass is 32.1. The van der Waals surface area contributed by atoms with Crippen molar-refractivity contribution in [1.29, 1.82) is 0 Å². The van der Waals surface area contributed by atoms with Crippen LogP contribution in [0.4, 0.5) is 0 Å². The zero-order chi connectivity index (χ0) is 11.2. The Balaban J connectivity index is 2.02. The van der Waals surface area contributed by atoms with E-state index in [0.29, 0.717) is 0 Å². The molecule has 0 saturated carbocycles. The SMILES string of the molecule is CNCCCc1nnc(-c2ccnnc2)s1. The zero-order valence-corrected chi connectivity index (χ0v) is 9.87. The van der Waals surface area contributed by atoms with Crippen molar-refractivity contribution in [3.05, 3.63) is 23.5 Å². The lowest BCUT2D eigenvalue weighted by atomic mass is 10.3. The van der Waals surface area contributed by atoms with E-state index in [-0.39, 0.29) is 0 Å². The monoisotopic (exact) mass is 235 g/mol. The topological polar surface area (TPSA) is 63.6 Å². The molecule has 6 heteroatoms. The van der Waals surface area contributed by atoms with E-state index in [4.69, 9.17) is 0 Å². The first-order valence-corrected chi connectivity index (χ1v) is 5.96. The molecular formula is C10H13N5S. The summed E-state index contributed by atoms with van der Waals surface area (Å²) >= 11 is 1.62. The van der Waals surface area contributed by atoms with Crippen LogP contribution in [0.1, 0.15) is 11.4 Å². The van der Waals surface area contributed by atoms with E-state index in [0.717, 1.165) is 35.0 Å². The predicted octanol–water partition coefficient (Wildman–Crippen LogP) is 1.15. The van der Waals surface area contributed by atoms with E-state index in [1.165, 1.54) is 0 Å².